The van der Waals surface area contributed by atoms with Crippen molar-refractivity contribution in [3.05, 3.63) is 12.2 Å². The van der Waals surface area contributed by atoms with Crippen LogP contribution in [0.3, 0.4) is 0 Å². The van der Waals surface area contributed by atoms with Gasteiger partial charge in [0.15, 0.2) is 0 Å². The molecule has 18 heavy (non-hydrogen) atoms. The molecule has 0 aliphatic heterocycles. The zero-order valence-electron chi connectivity index (χ0n) is 12.2. The number of aliphatic hydroxyl groups is 1. The molecule has 0 aromatic heterocycles. The summed E-state index contributed by atoms with van der Waals surface area (Å²) in [6.07, 6.45) is 15.9. The van der Waals surface area contributed by atoms with Crippen LogP contribution in [0.1, 0.15) is 71.6 Å². The molecule has 0 saturated heterocycles. The second kappa shape index (κ2) is 6.23. The van der Waals surface area contributed by atoms with Crippen LogP contribution in [0.15, 0.2) is 12.2 Å². The molecule has 1 atom stereocenters. The molecule has 1 saturated carbocycles. The van der Waals surface area contributed by atoms with Crippen molar-refractivity contribution >= 4 is 0 Å². The van der Waals surface area contributed by atoms with E-state index in [1.807, 2.05) is 0 Å². The SMILES string of the molecule is CCC(CC)(C1CC=CCC1)C1CCC(O)CC1. The summed E-state index contributed by atoms with van der Waals surface area (Å²) in [4.78, 5) is 0. The van der Waals surface area contributed by atoms with Gasteiger partial charge in [0.2, 0.25) is 0 Å². The fourth-order valence-electron chi connectivity index (χ4n) is 4.70. The molecule has 2 rings (SSSR count). The van der Waals surface area contributed by atoms with E-state index in [1.54, 1.807) is 0 Å². The van der Waals surface area contributed by atoms with E-state index in [2.05, 4.69) is 26.0 Å². The third-order valence-corrected chi connectivity index (χ3v) is 5.91. The first-order valence-electron chi connectivity index (χ1n) is 8.06. The van der Waals surface area contributed by atoms with E-state index in [9.17, 15) is 5.11 Å². The molecule has 0 bridgehead atoms. The van der Waals surface area contributed by atoms with Crippen LogP contribution < -0.4 is 0 Å². The average molecular weight is 250 g/mol. The van der Waals surface area contributed by atoms with E-state index in [4.69, 9.17) is 0 Å². The minimum Gasteiger partial charge on any atom is -0.393 e. The van der Waals surface area contributed by atoms with Crippen LogP contribution in [-0.4, -0.2) is 11.2 Å². The summed E-state index contributed by atoms with van der Waals surface area (Å²) in [7, 11) is 0. The van der Waals surface area contributed by atoms with Crippen LogP contribution in [-0.2, 0) is 0 Å². The van der Waals surface area contributed by atoms with Crippen molar-refractivity contribution < 1.29 is 5.11 Å². The van der Waals surface area contributed by atoms with Crippen molar-refractivity contribution in [1.82, 2.24) is 0 Å². The second-order valence-corrected chi connectivity index (χ2v) is 6.43. The lowest BCUT2D eigenvalue weighted by molar-refractivity contribution is -0.000513. The largest absolute Gasteiger partial charge is 0.393 e. The Hall–Kier alpha value is -0.300. The van der Waals surface area contributed by atoms with Gasteiger partial charge in [0.25, 0.3) is 0 Å². The predicted octanol–water partition coefficient (Wildman–Crippen LogP) is 4.70. The van der Waals surface area contributed by atoms with Crippen molar-refractivity contribution in [3.63, 3.8) is 0 Å². The third kappa shape index (κ3) is 2.66. The third-order valence-electron chi connectivity index (χ3n) is 5.91. The molecule has 2 aliphatic carbocycles. The summed E-state index contributed by atoms with van der Waals surface area (Å²) in [5.41, 5.74) is 0.547. The van der Waals surface area contributed by atoms with E-state index in [0.29, 0.717) is 5.41 Å². The summed E-state index contributed by atoms with van der Waals surface area (Å²) >= 11 is 0. The molecular formula is C17H30O. The molecule has 104 valence electrons. The summed E-state index contributed by atoms with van der Waals surface area (Å²) in [5, 5.41) is 9.74. The highest BCUT2D eigenvalue weighted by Gasteiger charge is 2.42. The minimum atomic E-state index is -0.0149. The Labute approximate surface area is 113 Å². The van der Waals surface area contributed by atoms with Crippen LogP contribution in [0.2, 0.25) is 0 Å². The first-order chi connectivity index (χ1) is 8.73. The molecule has 0 spiro atoms. The highest BCUT2D eigenvalue weighted by atomic mass is 16.3. The number of hydrogen-bond donors (Lipinski definition) is 1. The Morgan fingerprint density at radius 3 is 2.11 bits per heavy atom. The van der Waals surface area contributed by atoms with E-state index in [-0.39, 0.29) is 6.10 Å². The Balaban J connectivity index is 2.12. The van der Waals surface area contributed by atoms with Crippen LogP contribution >= 0.6 is 0 Å². The molecule has 0 heterocycles. The Morgan fingerprint density at radius 2 is 1.61 bits per heavy atom. The minimum absolute atomic E-state index is 0.0149. The normalized spacial score (nSPS) is 33.6. The molecule has 0 aromatic rings. The molecule has 1 heteroatoms. The molecule has 2 aliphatic rings. The van der Waals surface area contributed by atoms with Crippen molar-refractivity contribution in [2.24, 2.45) is 17.3 Å². The molecule has 1 N–H and O–H groups in total. The maximum Gasteiger partial charge on any atom is 0.0540 e. The summed E-state index contributed by atoms with van der Waals surface area (Å²) in [5.74, 6) is 1.74. The van der Waals surface area contributed by atoms with E-state index in [0.717, 1.165) is 24.7 Å². The highest BCUT2D eigenvalue weighted by Crippen LogP contribution is 2.52. The Kier molecular flexibility index (Phi) is 4.89. The van der Waals surface area contributed by atoms with Gasteiger partial charge in [-0.25, -0.2) is 0 Å². The van der Waals surface area contributed by atoms with Gasteiger partial charge >= 0.3 is 0 Å². The smallest absolute Gasteiger partial charge is 0.0540 e. The van der Waals surface area contributed by atoms with Crippen LogP contribution in [0.4, 0.5) is 0 Å². The molecule has 0 radical (unpaired) electrons. The maximum atomic E-state index is 9.74. The first kappa shape index (κ1) is 14.1. The lowest BCUT2D eigenvalue weighted by atomic mass is 9.57. The average Bonchev–Trinajstić information content (AvgIpc) is 2.44. The summed E-state index contributed by atoms with van der Waals surface area (Å²) in [6, 6.07) is 0. The topological polar surface area (TPSA) is 20.2 Å². The standard InChI is InChI=1S/C17H30O/c1-3-17(4-2,14-8-6-5-7-9-14)15-10-12-16(18)13-11-15/h5-6,14-16,18H,3-4,7-13H2,1-2H3. The van der Waals surface area contributed by atoms with Crippen molar-refractivity contribution in [2.75, 3.05) is 0 Å². The van der Waals surface area contributed by atoms with Gasteiger partial charge in [-0.3, -0.25) is 0 Å². The van der Waals surface area contributed by atoms with Gasteiger partial charge in [0.05, 0.1) is 6.10 Å². The predicted molar refractivity (Wildman–Crippen MR) is 77.5 cm³/mol. The van der Waals surface area contributed by atoms with Gasteiger partial charge in [0.1, 0.15) is 0 Å². The Bertz CT molecular complexity index is 269. The first-order valence-corrected chi connectivity index (χ1v) is 8.06. The zero-order valence-corrected chi connectivity index (χ0v) is 12.2. The summed E-state index contributed by atoms with van der Waals surface area (Å²) in [6.45, 7) is 4.79. The fraction of sp³-hybridized carbons (Fsp3) is 0.882. The maximum absolute atomic E-state index is 9.74. The monoisotopic (exact) mass is 250 g/mol. The van der Waals surface area contributed by atoms with Gasteiger partial charge in [-0.15, -0.1) is 0 Å². The fourth-order valence-corrected chi connectivity index (χ4v) is 4.70. The van der Waals surface area contributed by atoms with Crippen LogP contribution in [0, 0.1) is 17.3 Å². The highest BCUT2D eigenvalue weighted by molar-refractivity contribution is 5.00. The lowest BCUT2D eigenvalue weighted by Gasteiger charge is -2.48. The lowest BCUT2D eigenvalue weighted by Crippen LogP contribution is -2.40. The van der Waals surface area contributed by atoms with Gasteiger partial charge in [0, 0.05) is 0 Å². The number of aliphatic hydroxyl groups excluding tert-OH is 1. The molecule has 0 aromatic carbocycles. The quantitative estimate of drug-likeness (QED) is 0.717. The number of hydrogen-bond acceptors (Lipinski definition) is 1. The van der Waals surface area contributed by atoms with Gasteiger partial charge in [-0.1, -0.05) is 26.0 Å². The van der Waals surface area contributed by atoms with Crippen molar-refractivity contribution in [1.29, 1.82) is 0 Å². The van der Waals surface area contributed by atoms with Gasteiger partial charge in [-0.2, -0.15) is 0 Å². The van der Waals surface area contributed by atoms with E-state index >= 15 is 0 Å². The van der Waals surface area contributed by atoms with Gasteiger partial charge < -0.3 is 5.11 Å². The van der Waals surface area contributed by atoms with Crippen LogP contribution in [0.5, 0.6) is 0 Å². The molecule has 1 fully saturated rings. The van der Waals surface area contributed by atoms with Crippen molar-refractivity contribution in [2.45, 2.75) is 77.7 Å². The molecule has 1 nitrogen and oxygen atoms in total. The zero-order chi connectivity index (χ0) is 13.0. The van der Waals surface area contributed by atoms with Crippen molar-refractivity contribution in [3.8, 4) is 0 Å². The molecule has 1 unspecified atom stereocenters. The van der Waals surface area contributed by atoms with E-state index in [1.165, 1.54) is 44.9 Å². The molecular weight excluding hydrogens is 220 g/mol. The van der Waals surface area contributed by atoms with Gasteiger partial charge in [-0.05, 0) is 75.0 Å². The second-order valence-electron chi connectivity index (χ2n) is 6.43. The molecule has 0 amide bonds. The van der Waals surface area contributed by atoms with Crippen LogP contribution in [0.25, 0.3) is 0 Å². The number of rotatable bonds is 4. The number of allylic oxidation sites excluding steroid dienone is 2. The van der Waals surface area contributed by atoms with E-state index < -0.39 is 0 Å². The Morgan fingerprint density at radius 1 is 0.944 bits per heavy atom. The summed E-state index contributed by atoms with van der Waals surface area (Å²) < 4.78 is 0.